The van der Waals surface area contributed by atoms with Crippen molar-refractivity contribution in [1.82, 2.24) is 19.5 Å². The molecule has 1 aliphatic heterocycles. The van der Waals surface area contributed by atoms with Crippen molar-refractivity contribution in [3.63, 3.8) is 0 Å². The number of aromatic nitrogens is 3. The van der Waals surface area contributed by atoms with Crippen molar-refractivity contribution in [2.24, 2.45) is 11.3 Å². The maximum Gasteiger partial charge on any atom is 0.397 e. The van der Waals surface area contributed by atoms with Crippen molar-refractivity contribution in [2.75, 3.05) is 25.2 Å². The first-order chi connectivity index (χ1) is 20.0. The van der Waals surface area contributed by atoms with E-state index in [-0.39, 0.29) is 60.2 Å². The third-order valence-electron chi connectivity index (χ3n) is 8.08. The number of sulfonamides is 1. The largest absolute Gasteiger partial charge is 0.497 e. The number of methoxy groups -OCH3 is 1. The van der Waals surface area contributed by atoms with Gasteiger partial charge in [0.2, 0.25) is 5.88 Å². The summed E-state index contributed by atoms with van der Waals surface area (Å²) < 4.78 is 80.5. The highest BCUT2D eigenvalue weighted by atomic mass is 32.2. The van der Waals surface area contributed by atoms with Gasteiger partial charge < -0.3 is 14.4 Å². The Balaban J connectivity index is 0.00000442. The van der Waals surface area contributed by atoms with Crippen LogP contribution in [0.3, 0.4) is 0 Å². The van der Waals surface area contributed by atoms with Crippen LogP contribution in [0.5, 0.6) is 11.6 Å². The number of amides is 1. The predicted octanol–water partition coefficient (Wildman–Crippen LogP) is 5.16. The Bertz CT molecular complexity index is 1650. The van der Waals surface area contributed by atoms with Crippen LogP contribution < -0.4 is 19.1 Å². The zero-order valence-electron chi connectivity index (χ0n) is 25.0. The number of pyridine rings is 1. The zero-order valence-corrected chi connectivity index (χ0v) is 26.8. The number of aryl methyl sites for hydroxylation is 1. The van der Waals surface area contributed by atoms with E-state index in [0.29, 0.717) is 17.9 Å². The molecule has 1 saturated carbocycles. The van der Waals surface area contributed by atoms with Crippen LogP contribution in [-0.4, -0.2) is 61.1 Å². The van der Waals surface area contributed by atoms with Crippen LogP contribution in [0.25, 0.3) is 5.82 Å². The number of anilines is 1. The van der Waals surface area contributed by atoms with E-state index < -0.39 is 39.7 Å². The smallest absolute Gasteiger partial charge is 0.397 e. The standard InChI is InChI=1S/C29H34F3N5O5S.H2S/c1-18-15-27(3,4)36(16-18)25-21(26(38)35-43(39,40)22-8-6-20(41-5)14-19(22)2)7-9-23(33-25)37-13-10-24(34-37)42-17-28(11-12-28)29(30,31)32;/h6-10,13-14,18H,11-12,15-17H2,1-5H3,(H,35,38);1H2/t18-;/m0./s1. The number of hydrogen-bond donors (Lipinski definition) is 1. The third-order valence-corrected chi connectivity index (χ3v) is 9.57. The van der Waals surface area contributed by atoms with Gasteiger partial charge in [0, 0.05) is 24.3 Å². The second kappa shape index (κ2) is 11.8. The van der Waals surface area contributed by atoms with Gasteiger partial charge in [-0.25, -0.2) is 22.8 Å². The number of nitrogens with one attached hydrogen (secondary N) is 1. The van der Waals surface area contributed by atoms with Crippen molar-refractivity contribution < 1.29 is 35.9 Å². The Hall–Kier alpha value is -3.46. The highest BCUT2D eigenvalue weighted by Crippen LogP contribution is 2.57. The van der Waals surface area contributed by atoms with Gasteiger partial charge in [0.1, 0.15) is 23.6 Å². The molecule has 15 heteroatoms. The molecule has 0 spiro atoms. The molecule has 2 aromatic heterocycles. The summed E-state index contributed by atoms with van der Waals surface area (Å²) in [6.07, 6.45) is -2.00. The van der Waals surface area contributed by atoms with Gasteiger partial charge in [-0.1, -0.05) is 6.92 Å². The highest BCUT2D eigenvalue weighted by Gasteiger charge is 2.64. The summed E-state index contributed by atoms with van der Waals surface area (Å²) in [7, 11) is -2.77. The van der Waals surface area contributed by atoms with Crippen molar-refractivity contribution in [1.29, 1.82) is 0 Å². The predicted molar refractivity (Wildman–Crippen MR) is 163 cm³/mol. The van der Waals surface area contributed by atoms with Crippen LogP contribution >= 0.6 is 13.5 Å². The fraction of sp³-hybridized carbons (Fsp3) is 0.483. The van der Waals surface area contributed by atoms with Gasteiger partial charge >= 0.3 is 6.18 Å². The number of carbonyl (C=O) groups excluding carboxylic acids is 1. The lowest BCUT2D eigenvalue weighted by atomic mass is 9.97. The van der Waals surface area contributed by atoms with Gasteiger partial charge in [0.25, 0.3) is 15.9 Å². The Morgan fingerprint density at radius 3 is 2.43 bits per heavy atom. The normalized spacial score (nSPS) is 18.8. The number of nitrogens with zero attached hydrogens (tertiary/aromatic N) is 4. The molecule has 1 saturated heterocycles. The van der Waals surface area contributed by atoms with E-state index in [0.717, 1.165) is 6.42 Å². The molecule has 1 aliphatic carbocycles. The van der Waals surface area contributed by atoms with Crippen LogP contribution in [0.2, 0.25) is 0 Å². The van der Waals surface area contributed by atoms with E-state index in [2.05, 4.69) is 16.7 Å². The minimum absolute atomic E-state index is 0. The Kier molecular flexibility index (Phi) is 8.97. The molecule has 1 aromatic carbocycles. The Labute approximate surface area is 261 Å². The van der Waals surface area contributed by atoms with E-state index >= 15 is 0 Å². The first-order valence-electron chi connectivity index (χ1n) is 13.8. The van der Waals surface area contributed by atoms with Gasteiger partial charge in [-0.3, -0.25) is 4.79 Å². The van der Waals surface area contributed by atoms with Crippen LogP contribution in [-0.2, 0) is 10.0 Å². The molecule has 1 atom stereocenters. The second-order valence-corrected chi connectivity index (χ2v) is 13.7. The highest BCUT2D eigenvalue weighted by molar-refractivity contribution is 7.90. The summed E-state index contributed by atoms with van der Waals surface area (Å²) in [4.78, 5) is 20.1. The lowest BCUT2D eigenvalue weighted by Crippen LogP contribution is -2.41. The lowest BCUT2D eigenvalue weighted by Gasteiger charge is -2.34. The van der Waals surface area contributed by atoms with Crippen LogP contribution in [0, 0.1) is 18.3 Å². The minimum atomic E-state index is -4.35. The van der Waals surface area contributed by atoms with Gasteiger partial charge in [-0.2, -0.15) is 26.7 Å². The molecule has 2 aliphatic rings. The van der Waals surface area contributed by atoms with E-state index in [1.807, 2.05) is 18.7 Å². The second-order valence-electron chi connectivity index (χ2n) is 12.0. The first-order valence-corrected chi connectivity index (χ1v) is 15.3. The molecule has 44 heavy (non-hydrogen) atoms. The molecular weight excluding hydrogens is 619 g/mol. The van der Waals surface area contributed by atoms with E-state index in [9.17, 15) is 26.4 Å². The fourth-order valence-corrected chi connectivity index (χ4v) is 6.77. The molecule has 0 bridgehead atoms. The average molecular weight is 656 g/mol. The topological polar surface area (TPSA) is 116 Å². The molecule has 5 rings (SSSR count). The van der Waals surface area contributed by atoms with Crippen molar-refractivity contribution in [3.8, 4) is 17.4 Å². The monoisotopic (exact) mass is 655 g/mol. The molecule has 10 nitrogen and oxygen atoms in total. The molecule has 240 valence electrons. The van der Waals surface area contributed by atoms with Gasteiger partial charge in [0.05, 0.1) is 17.6 Å². The van der Waals surface area contributed by atoms with E-state index in [1.54, 1.807) is 13.0 Å². The number of rotatable bonds is 9. The first kappa shape index (κ1) is 33.4. The molecule has 0 unspecified atom stereocenters. The van der Waals surface area contributed by atoms with Crippen LogP contribution in [0.4, 0.5) is 19.0 Å². The fourth-order valence-electron chi connectivity index (χ4n) is 5.58. The molecule has 3 aromatic rings. The van der Waals surface area contributed by atoms with Crippen LogP contribution in [0.1, 0.15) is 56.0 Å². The maximum atomic E-state index is 13.5. The van der Waals surface area contributed by atoms with E-state index in [4.69, 9.17) is 14.5 Å². The van der Waals surface area contributed by atoms with Crippen molar-refractivity contribution >= 4 is 35.2 Å². The Morgan fingerprint density at radius 1 is 1.16 bits per heavy atom. The summed E-state index contributed by atoms with van der Waals surface area (Å²) in [6.45, 7) is 7.75. The molecule has 1 amide bonds. The summed E-state index contributed by atoms with van der Waals surface area (Å²) >= 11 is 0. The number of halogens is 3. The number of carbonyl (C=O) groups is 1. The van der Waals surface area contributed by atoms with Crippen molar-refractivity contribution in [3.05, 3.63) is 53.7 Å². The maximum absolute atomic E-state index is 13.5. The molecule has 2 fully saturated rings. The van der Waals surface area contributed by atoms with Gasteiger partial charge in [-0.05, 0) is 81.8 Å². The summed E-state index contributed by atoms with van der Waals surface area (Å²) in [6, 6.07) is 8.83. The number of hydrogen-bond acceptors (Lipinski definition) is 8. The summed E-state index contributed by atoms with van der Waals surface area (Å²) in [5, 5.41) is 4.25. The lowest BCUT2D eigenvalue weighted by molar-refractivity contribution is -0.194. The number of alkyl halides is 3. The summed E-state index contributed by atoms with van der Waals surface area (Å²) in [5.41, 5.74) is -1.78. The Morgan fingerprint density at radius 2 is 1.86 bits per heavy atom. The average Bonchev–Trinajstić information content (AvgIpc) is 3.49. The third kappa shape index (κ3) is 6.48. The SMILES string of the molecule is COc1ccc(S(=O)(=O)NC(=O)c2ccc(-n3ccc(OCC4(C(F)(F)F)CC4)n3)nc2N2C[C@@H](C)CC2(C)C)c(C)c1.S. The summed E-state index contributed by atoms with van der Waals surface area (Å²) in [5.74, 6) is 0.452. The van der Waals surface area contributed by atoms with E-state index in [1.165, 1.54) is 48.3 Å². The van der Waals surface area contributed by atoms with Gasteiger partial charge in [-0.15, -0.1) is 5.10 Å². The number of ether oxygens (including phenoxy) is 2. The zero-order chi connectivity index (χ0) is 31.4. The minimum Gasteiger partial charge on any atom is -0.497 e. The van der Waals surface area contributed by atoms with Gasteiger partial charge in [0.15, 0.2) is 5.82 Å². The molecule has 0 radical (unpaired) electrons. The van der Waals surface area contributed by atoms with Crippen molar-refractivity contribution in [2.45, 2.75) is 63.6 Å². The number of benzene rings is 1. The quantitative estimate of drug-likeness (QED) is 0.336. The van der Waals surface area contributed by atoms with Crippen LogP contribution in [0.15, 0.2) is 47.5 Å². The molecular formula is C29H36F3N5O5S2. The molecule has 1 N–H and O–H groups in total. The molecule has 3 heterocycles.